The normalized spacial score (nSPS) is 14.5. The minimum atomic E-state index is -0.164. The number of aryl methyl sites for hydroxylation is 1. The van der Waals surface area contributed by atoms with E-state index in [9.17, 15) is 9.59 Å². The zero-order valence-corrected chi connectivity index (χ0v) is 16.7. The number of likely N-dealkylation sites (N-methyl/N-ethyl adjacent to an activating group) is 1. The topological polar surface area (TPSA) is 55.2 Å². The fourth-order valence-electron chi connectivity index (χ4n) is 3.86. The molecule has 0 atom stereocenters. The zero-order chi connectivity index (χ0) is 20.8. The summed E-state index contributed by atoms with van der Waals surface area (Å²) in [5.74, 6) is 0.310. The molecule has 1 aliphatic heterocycles. The zero-order valence-electron chi connectivity index (χ0n) is 16.7. The van der Waals surface area contributed by atoms with Gasteiger partial charge in [0, 0.05) is 12.6 Å². The Morgan fingerprint density at radius 1 is 0.867 bits per heavy atom. The van der Waals surface area contributed by atoms with E-state index in [2.05, 4.69) is 0 Å². The number of para-hydroxylation sites is 2. The number of amides is 1. The summed E-state index contributed by atoms with van der Waals surface area (Å²) in [6.45, 7) is 2.00. The lowest BCUT2D eigenvalue weighted by Crippen LogP contribution is -2.23. The van der Waals surface area contributed by atoms with E-state index < -0.39 is 0 Å². The van der Waals surface area contributed by atoms with Gasteiger partial charge in [-0.15, -0.1) is 0 Å². The SMILES string of the molecule is Cc1ccc(-n2c(/C=C3\C(=O)N(C)c4ccccc43)nc3ccccc3c2=O)cc1. The maximum atomic E-state index is 13.4. The Morgan fingerprint density at radius 2 is 1.57 bits per heavy atom. The van der Waals surface area contributed by atoms with E-state index in [4.69, 9.17) is 4.98 Å². The molecule has 1 amide bonds. The van der Waals surface area contributed by atoms with Gasteiger partial charge in [-0.05, 0) is 43.3 Å². The lowest BCUT2D eigenvalue weighted by molar-refractivity contribution is -0.112. The van der Waals surface area contributed by atoms with Crippen LogP contribution in [-0.4, -0.2) is 22.5 Å². The summed E-state index contributed by atoms with van der Waals surface area (Å²) < 4.78 is 1.57. The number of anilines is 1. The first-order valence-electron chi connectivity index (χ1n) is 9.72. The molecular weight excluding hydrogens is 374 g/mol. The molecule has 0 unspecified atom stereocenters. The number of hydrogen-bond donors (Lipinski definition) is 0. The van der Waals surface area contributed by atoms with Crippen LogP contribution in [0.15, 0.2) is 77.6 Å². The predicted octanol–water partition coefficient (Wildman–Crippen LogP) is 4.21. The van der Waals surface area contributed by atoms with Crippen LogP contribution < -0.4 is 10.5 Å². The maximum absolute atomic E-state index is 13.4. The van der Waals surface area contributed by atoms with Crippen molar-refractivity contribution in [2.75, 3.05) is 11.9 Å². The second-order valence-corrected chi connectivity index (χ2v) is 7.40. The first-order valence-corrected chi connectivity index (χ1v) is 9.72. The number of fused-ring (bicyclic) bond motifs is 2. The van der Waals surface area contributed by atoms with Crippen molar-refractivity contribution in [2.45, 2.75) is 6.92 Å². The highest BCUT2D eigenvalue weighted by molar-refractivity contribution is 6.35. The fraction of sp³-hybridized carbons (Fsp3) is 0.0800. The predicted molar refractivity (Wildman–Crippen MR) is 120 cm³/mol. The Kier molecular flexibility index (Phi) is 4.10. The lowest BCUT2D eigenvalue weighted by Gasteiger charge is -2.12. The van der Waals surface area contributed by atoms with Gasteiger partial charge in [-0.3, -0.25) is 14.2 Å². The highest BCUT2D eigenvalue weighted by atomic mass is 16.2. The molecule has 1 aromatic heterocycles. The van der Waals surface area contributed by atoms with Crippen molar-refractivity contribution < 1.29 is 4.79 Å². The Hall–Kier alpha value is -3.99. The highest BCUT2D eigenvalue weighted by Gasteiger charge is 2.29. The van der Waals surface area contributed by atoms with Gasteiger partial charge in [-0.25, -0.2) is 4.98 Å². The number of benzene rings is 3. The molecule has 0 radical (unpaired) electrons. The van der Waals surface area contributed by atoms with Gasteiger partial charge in [-0.1, -0.05) is 48.0 Å². The molecule has 5 heteroatoms. The number of carbonyl (C=O) groups is 1. The quantitative estimate of drug-likeness (QED) is 0.480. The summed E-state index contributed by atoms with van der Waals surface area (Å²) in [7, 11) is 1.75. The monoisotopic (exact) mass is 393 g/mol. The van der Waals surface area contributed by atoms with Crippen LogP contribution in [0.3, 0.4) is 0 Å². The molecule has 5 nitrogen and oxygen atoms in total. The third-order valence-electron chi connectivity index (χ3n) is 5.46. The van der Waals surface area contributed by atoms with Gasteiger partial charge in [0.15, 0.2) is 0 Å². The van der Waals surface area contributed by atoms with E-state index >= 15 is 0 Å². The molecule has 0 bridgehead atoms. The Labute approximate surface area is 173 Å². The van der Waals surface area contributed by atoms with E-state index in [0.29, 0.717) is 28.0 Å². The van der Waals surface area contributed by atoms with Crippen LogP contribution >= 0.6 is 0 Å². The van der Waals surface area contributed by atoms with Crippen molar-refractivity contribution in [2.24, 2.45) is 0 Å². The van der Waals surface area contributed by atoms with Crippen LogP contribution in [0.2, 0.25) is 0 Å². The van der Waals surface area contributed by atoms with Crippen LogP contribution in [-0.2, 0) is 4.79 Å². The van der Waals surface area contributed by atoms with E-state index in [-0.39, 0.29) is 11.5 Å². The molecule has 4 aromatic rings. The molecular formula is C25H19N3O2. The van der Waals surface area contributed by atoms with Gasteiger partial charge in [0.2, 0.25) is 0 Å². The standard InChI is InChI=1S/C25H19N3O2/c1-16-11-13-17(14-12-16)28-23(26-21-9-5-3-8-19(21)25(28)30)15-20-18-7-4-6-10-22(18)27(2)24(20)29/h3-15H,1-2H3/b20-15-. The van der Waals surface area contributed by atoms with Gasteiger partial charge in [0.25, 0.3) is 11.5 Å². The summed E-state index contributed by atoms with van der Waals surface area (Å²) >= 11 is 0. The molecule has 0 saturated carbocycles. The lowest BCUT2D eigenvalue weighted by atomic mass is 10.1. The van der Waals surface area contributed by atoms with Gasteiger partial charge >= 0.3 is 0 Å². The molecule has 1 aliphatic rings. The van der Waals surface area contributed by atoms with Crippen molar-refractivity contribution >= 4 is 34.1 Å². The number of nitrogens with zero attached hydrogens (tertiary/aromatic N) is 3. The highest BCUT2D eigenvalue weighted by Crippen LogP contribution is 2.36. The summed E-state index contributed by atoms with van der Waals surface area (Å²) in [5.41, 5.74) is 4.45. The van der Waals surface area contributed by atoms with Crippen LogP contribution in [0, 0.1) is 6.92 Å². The maximum Gasteiger partial charge on any atom is 0.266 e. The second-order valence-electron chi connectivity index (χ2n) is 7.40. The van der Waals surface area contributed by atoms with Crippen molar-refractivity contribution in [3.05, 3.63) is 100 Å². The van der Waals surface area contributed by atoms with Crippen molar-refractivity contribution in [3.63, 3.8) is 0 Å². The molecule has 3 aromatic carbocycles. The van der Waals surface area contributed by atoms with Gasteiger partial charge in [-0.2, -0.15) is 0 Å². The summed E-state index contributed by atoms with van der Waals surface area (Å²) in [4.78, 5) is 32.7. The van der Waals surface area contributed by atoms with E-state index in [1.165, 1.54) is 0 Å². The van der Waals surface area contributed by atoms with Crippen LogP contribution in [0.5, 0.6) is 0 Å². The van der Waals surface area contributed by atoms with Crippen LogP contribution in [0.1, 0.15) is 17.0 Å². The third-order valence-corrected chi connectivity index (χ3v) is 5.46. The first kappa shape index (κ1) is 18.1. The van der Waals surface area contributed by atoms with Crippen LogP contribution in [0.4, 0.5) is 5.69 Å². The summed E-state index contributed by atoms with van der Waals surface area (Å²) in [6, 6.07) is 22.6. The minimum Gasteiger partial charge on any atom is -0.311 e. The first-order chi connectivity index (χ1) is 14.5. The minimum absolute atomic E-state index is 0.117. The average molecular weight is 393 g/mol. The molecule has 0 aliphatic carbocycles. The molecule has 30 heavy (non-hydrogen) atoms. The molecule has 0 spiro atoms. The number of rotatable bonds is 2. The number of hydrogen-bond acceptors (Lipinski definition) is 3. The Balaban J connectivity index is 1.82. The van der Waals surface area contributed by atoms with E-state index in [1.54, 1.807) is 28.7 Å². The molecule has 0 saturated heterocycles. The Morgan fingerprint density at radius 3 is 2.37 bits per heavy atom. The van der Waals surface area contributed by atoms with Crippen LogP contribution in [0.25, 0.3) is 28.2 Å². The fourth-order valence-corrected chi connectivity index (χ4v) is 3.86. The molecule has 5 rings (SSSR count). The largest absolute Gasteiger partial charge is 0.311 e. The van der Waals surface area contributed by atoms with E-state index in [1.807, 2.05) is 73.7 Å². The van der Waals surface area contributed by atoms with Crippen molar-refractivity contribution in [3.8, 4) is 5.69 Å². The molecule has 146 valence electrons. The second kappa shape index (κ2) is 6.81. The number of aromatic nitrogens is 2. The smallest absolute Gasteiger partial charge is 0.266 e. The molecule has 0 fully saturated rings. The molecule has 0 N–H and O–H groups in total. The number of carbonyl (C=O) groups excluding carboxylic acids is 1. The summed E-state index contributed by atoms with van der Waals surface area (Å²) in [6.07, 6.45) is 1.72. The summed E-state index contributed by atoms with van der Waals surface area (Å²) in [5, 5.41) is 0.537. The van der Waals surface area contributed by atoms with Crippen molar-refractivity contribution in [1.82, 2.24) is 9.55 Å². The average Bonchev–Trinajstić information content (AvgIpc) is 3.00. The van der Waals surface area contributed by atoms with Gasteiger partial charge < -0.3 is 4.90 Å². The van der Waals surface area contributed by atoms with Gasteiger partial charge in [0.05, 0.1) is 27.9 Å². The van der Waals surface area contributed by atoms with Gasteiger partial charge in [0.1, 0.15) is 5.82 Å². The Bertz CT molecular complexity index is 1400. The molecule has 2 heterocycles. The van der Waals surface area contributed by atoms with Crippen molar-refractivity contribution in [1.29, 1.82) is 0 Å². The van der Waals surface area contributed by atoms with E-state index in [0.717, 1.165) is 16.8 Å². The third kappa shape index (κ3) is 2.75.